The van der Waals surface area contributed by atoms with Crippen molar-refractivity contribution < 1.29 is 4.79 Å². The van der Waals surface area contributed by atoms with Gasteiger partial charge < -0.3 is 10.6 Å². The van der Waals surface area contributed by atoms with Gasteiger partial charge in [0.2, 0.25) is 5.91 Å². The van der Waals surface area contributed by atoms with Crippen LogP contribution in [0.3, 0.4) is 0 Å². The maximum atomic E-state index is 11.2. The third kappa shape index (κ3) is 4.64. The summed E-state index contributed by atoms with van der Waals surface area (Å²) in [7, 11) is 0. The number of rotatable bonds is 5. The Hall–Kier alpha value is -1.77. The molecule has 2 N–H and O–H groups in total. The number of carbonyl (C=O) groups excluding carboxylic acids is 1. The van der Waals surface area contributed by atoms with Gasteiger partial charge in [0.05, 0.1) is 0 Å². The Kier molecular flexibility index (Phi) is 5.12. The number of carbonyl (C=O) groups is 1. The van der Waals surface area contributed by atoms with E-state index >= 15 is 0 Å². The van der Waals surface area contributed by atoms with Gasteiger partial charge in [-0.1, -0.05) is 30.3 Å². The molecule has 0 aliphatic heterocycles. The molecule has 3 heteroatoms. The number of amides is 1. The third-order valence-corrected chi connectivity index (χ3v) is 2.11. The molecule has 3 nitrogen and oxygen atoms in total. The number of allylic oxidation sites excluding steroid dienone is 1. The van der Waals surface area contributed by atoms with E-state index in [4.69, 9.17) is 0 Å². The highest BCUT2D eigenvalue weighted by atomic mass is 16.1. The van der Waals surface area contributed by atoms with E-state index in [9.17, 15) is 4.79 Å². The van der Waals surface area contributed by atoms with Crippen LogP contribution in [0.15, 0.2) is 42.1 Å². The van der Waals surface area contributed by atoms with Crippen molar-refractivity contribution in [3.05, 3.63) is 47.7 Å². The fraction of sp³-hybridized carbons (Fsp3) is 0.308. The number of nitrogens with one attached hydrogen (secondary N) is 2. The summed E-state index contributed by atoms with van der Waals surface area (Å²) in [5, 5.41) is 5.91. The van der Waals surface area contributed by atoms with Crippen LogP contribution in [0.5, 0.6) is 0 Å². The summed E-state index contributed by atoms with van der Waals surface area (Å²) in [6.07, 6.45) is 1.58. The van der Waals surface area contributed by atoms with Crippen LogP contribution >= 0.6 is 0 Å². The van der Waals surface area contributed by atoms with Crippen molar-refractivity contribution in [2.75, 3.05) is 6.54 Å². The van der Waals surface area contributed by atoms with Crippen molar-refractivity contribution in [3.8, 4) is 0 Å². The summed E-state index contributed by atoms with van der Waals surface area (Å²) in [6, 6.07) is 10.1. The topological polar surface area (TPSA) is 41.1 Å². The van der Waals surface area contributed by atoms with Crippen LogP contribution < -0.4 is 10.6 Å². The monoisotopic (exact) mass is 218 g/mol. The predicted molar refractivity (Wildman–Crippen MR) is 65.7 cm³/mol. The fourth-order valence-electron chi connectivity index (χ4n) is 1.31. The van der Waals surface area contributed by atoms with Gasteiger partial charge in [0, 0.05) is 24.9 Å². The first-order chi connectivity index (χ1) is 7.72. The lowest BCUT2D eigenvalue weighted by atomic mass is 10.2. The van der Waals surface area contributed by atoms with Gasteiger partial charge in [0.1, 0.15) is 0 Å². The molecular formula is C13H18N2O. The maximum absolute atomic E-state index is 11.2. The van der Waals surface area contributed by atoms with E-state index in [2.05, 4.69) is 10.6 Å². The lowest BCUT2D eigenvalue weighted by molar-refractivity contribution is -0.116. The van der Waals surface area contributed by atoms with E-state index in [1.165, 1.54) is 5.56 Å². The SMILES string of the molecule is CCNC(=O)/C=C(/C)NCc1ccccc1. The molecule has 86 valence electrons. The Balaban J connectivity index is 2.40. The average molecular weight is 218 g/mol. The second-order valence-electron chi connectivity index (χ2n) is 3.56. The molecule has 0 bridgehead atoms. The zero-order chi connectivity index (χ0) is 11.8. The van der Waals surface area contributed by atoms with Crippen molar-refractivity contribution in [3.63, 3.8) is 0 Å². The summed E-state index contributed by atoms with van der Waals surface area (Å²) in [4.78, 5) is 11.2. The predicted octanol–water partition coefficient (Wildman–Crippen LogP) is 1.82. The van der Waals surface area contributed by atoms with Crippen LogP contribution in [0.25, 0.3) is 0 Å². The number of hydrogen-bond donors (Lipinski definition) is 2. The molecule has 0 spiro atoms. The smallest absolute Gasteiger partial charge is 0.245 e. The number of hydrogen-bond acceptors (Lipinski definition) is 2. The van der Waals surface area contributed by atoms with E-state index in [1.807, 2.05) is 44.2 Å². The van der Waals surface area contributed by atoms with Crippen molar-refractivity contribution in [1.82, 2.24) is 10.6 Å². The van der Waals surface area contributed by atoms with Crippen molar-refractivity contribution in [2.24, 2.45) is 0 Å². The molecule has 0 aliphatic rings. The Bertz CT molecular complexity index is 357. The van der Waals surface area contributed by atoms with Gasteiger partial charge in [-0.05, 0) is 19.4 Å². The van der Waals surface area contributed by atoms with Gasteiger partial charge in [0.25, 0.3) is 0 Å². The highest BCUT2D eigenvalue weighted by molar-refractivity contribution is 5.87. The molecule has 0 fully saturated rings. The molecule has 1 rings (SSSR count). The van der Waals surface area contributed by atoms with Gasteiger partial charge in [-0.15, -0.1) is 0 Å². The van der Waals surface area contributed by atoms with Crippen LogP contribution in [0.1, 0.15) is 19.4 Å². The quantitative estimate of drug-likeness (QED) is 0.740. The van der Waals surface area contributed by atoms with E-state index < -0.39 is 0 Å². The van der Waals surface area contributed by atoms with Gasteiger partial charge in [-0.2, -0.15) is 0 Å². The van der Waals surface area contributed by atoms with Gasteiger partial charge in [-0.25, -0.2) is 0 Å². The van der Waals surface area contributed by atoms with Crippen LogP contribution in [-0.2, 0) is 11.3 Å². The molecule has 1 aromatic rings. The third-order valence-electron chi connectivity index (χ3n) is 2.11. The average Bonchev–Trinajstić information content (AvgIpc) is 2.28. The first-order valence-electron chi connectivity index (χ1n) is 5.46. The zero-order valence-electron chi connectivity index (χ0n) is 9.79. The van der Waals surface area contributed by atoms with Crippen LogP contribution in [0, 0.1) is 0 Å². The molecule has 0 saturated heterocycles. The molecule has 0 aromatic heterocycles. The fourth-order valence-corrected chi connectivity index (χ4v) is 1.31. The molecule has 0 aliphatic carbocycles. The molecule has 0 heterocycles. The van der Waals surface area contributed by atoms with E-state index in [0.717, 1.165) is 12.2 Å². The molecule has 0 unspecified atom stereocenters. The lowest BCUT2D eigenvalue weighted by Crippen LogP contribution is -2.22. The molecule has 0 saturated carbocycles. The van der Waals surface area contributed by atoms with Crippen LogP contribution in [0.4, 0.5) is 0 Å². The van der Waals surface area contributed by atoms with Crippen molar-refractivity contribution >= 4 is 5.91 Å². The number of benzene rings is 1. The normalized spacial score (nSPS) is 11.0. The second-order valence-corrected chi connectivity index (χ2v) is 3.56. The zero-order valence-corrected chi connectivity index (χ0v) is 9.79. The van der Waals surface area contributed by atoms with Crippen molar-refractivity contribution in [2.45, 2.75) is 20.4 Å². The standard InChI is InChI=1S/C13H18N2O/c1-3-14-13(16)9-11(2)15-10-12-7-5-4-6-8-12/h4-9,15H,3,10H2,1-2H3,(H,14,16)/b11-9-. The Morgan fingerprint density at radius 1 is 1.25 bits per heavy atom. The first-order valence-corrected chi connectivity index (χ1v) is 5.46. The first kappa shape index (κ1) is 12.3. The molecule has 1 amide bonds. The van der Waals surface area contributed by atoms with Crippen molar-refractivity contribution in [1.29, 1.82) is 0 Å². The van der Waals surface area contributed by atoms with E-state index in [-0.39, 0.29) is 5.91 Å². The maximum Gasteiger partial charge on any atom is 0.245 e. The minimum absolute atomic E-state index is 0.0550. The molecule has 0 atom stereocenters. The summed E-state index contributed by atoms with van der Waals surface area (Å²) >= 11 is 0. The summed E-state index contributed by atoms with van der Waals surface area (Å²) < 4.78 is 0. The van der Waals surface area contributed by atoms with Crippen LogP contribution in [-0.4, -0.2) is 12.5 Å². The van der Waals surface area contributed by atoms with Gasteiger partial charge >= 0.3 is 0 Å². The minimum atomic E-state index is -0.0550. The second kappa shape index (κ2) is 6.67. The highest BCUT2D eigenvalue weighted by Gasteiger charge is 1.96. The molecule has 1 aromatic carbocycles. The number of likely N-dealkylation sites (N-methyl/N-ethyl adjacent to an activating group) is 1. The van der Waals surface area contributed by atoms with Crippen LogP contribution in [0.2, 0.25) is 0 Å². The summed E-state index contributed by atoms with van der Waals surface area (Å²) in [6.45, 7) is 5.18. The Morgan fingerprint density at radius 2 is 1.94 bits per heavy atom. The van der Waals surface area contributed by atoms with E-state index in [0.29, 0.717) is 6.54 Å². The molecular weight excluding hydrogens is 200 g/mol. The molecule has 0 radical (unpaired) electrons. The largest absolute Gasteiger partial charge is 0.384 e. The van der Waals surface area contributed by atoms with E-state index in [1.54, 1.807) is 6.08 Å². The lowest BCUT2D eigenvalue weighted by Gasteiger charge is -2.06. The van der Waals surface area contributed by atoms with Gasteiger partial charge in [-0.3, -0.25) is 4.79 Å². The summed E-state index contributed by atoms with van der Waals surface area (Å²) in [5.74, 6) is -0.0550. The van der Waals surface area contributed by atoms with Gasteiger partial charge in [0.15, 0.2) is 0 Å². The Labute approximate surface area is 96.6 Å². The highest BCUT2D eigenvalue weighted by Crippen LogP contribution is 1.98. The molecule has 16 heavy (non-hydrogen) atoms. The minimum Gasteiger partial charge on any atom is -0.384 e. The summed E-state index contributed by atoms with van der Waals surface area (Å²) in [5.41, 5.74) is 2.07. The Morgan fingerprint density at radius 3 is 2.56 bits per heavy atom.